The maximum atomic E-state index is 12.4. The molecule has 1 atom stereocenters. The first-order valence-electron chi connectivity index (χ1n) is 20.3. The molecular formula is C44H76O4. The van der Waals surface area contributed by atoms with Gasteiger partial charge in [-0.1, -0.05) is 184 Å². The molecule has 0 spiro atoms. The molecule has 276 valence electrons. The molecule has 0 rings (SSSR count). The van der Waals surface area contributed by atoms with Gasteiger partial charge < -0.3 is 9.84 Å². The number of ether oxygens (including phenoxy) is 1. The fourth-order valence-corrected chi connectivity index (χ4v) is 5.80. The third-order valence-corrected chi connectivity index (χ3v) is 8.77. The molecule has 0 heterocycles. The van der Waals surface area contributed by atoms with Crippen LogP contribution in [0.15, 0.2) is 60.8 Å². The van der Waals surface area contributed by atoms with Crippen molar-refractivity contribution in [2.45, 2.75) is 206 Å². The molecule has 1 unspecified atom stereocenters. The van der Waals surface area contributed by atoms with Gasteiger partial charge in [-0.2, -0.15) is 0 Å². The van der Waals surface area contributed by atoms with Gasteiger partial charge in [0.1, 0.15) is 6.10 Å². The molecule has 4 heteroatoms. The Balaban J connectivity index is 3.83. The number of aliphatic carboxylic acids is 1. The molecule has 0 amide bonds. The molecule has 4 nitrogen and oxygen atoms in total. The molecule has 0 aromatic carbocycles. The Bertz CT molecular complexity index is 850. The van der Waals surface area contributed by atoms with Crippen LogP contribution in [0.2, 0.25) is 0 Å². The maximum Gasteiger partial charge on any atom is 0.306 e. The number of rotatable bonds is 36. The zero-order valence-electron chi connectivity index (χ0n) is 31.5. The van der Waals surface area contributed by atoms with E-state index in [1.54, 1.807) is 0 Å². The highest BCUT2D eigenvalue weighted by Gasteiger charge is 2.15. The van der Waals surface area contributed by atoms with Gasteiger partial charge in [-0.3, -0.25) is 9.59 Å². The Morgan fingerprint density at radius 3 is 1.29 bits per heavy atom. The highest BCUT2D eigenvalue weighted by Crippen LogP contribution is 2.17. The van der Waals surface area contributed by atoms with Crippen molar-refractivity contribution in [3.63, 3.8) is 0 Å². The second-order valence-electron chi connectivity index (χ2n) is 13.4. The highest BCUT2D eigenvalue weighted by atomic mass is 16.5. The van der Waals surface area contributed by atoms with E-state index in [-0.39, 0.29) is 18.5 Å². The van der Waals surface area contributed by atoms with Crippen molar-refractivity contribution in [3.8, 4) is 0 Å². The monoisotopic (exact) mass is 669 g/mol. The number of allylic oxidation sites excluding steroid dienone is 10. The predicted molar refractivity (Wildman–Crippen MR) is 208 cm³/mol. The number of unbranched alkanes of at least 4 members (excludes halogenated alkanes) is 18. The quantitative estimate of drug-likeness (QED) is 0.0410. The maximum absolute atomic E-state index is 12.4. The van der Waals surface area contributed by atoms with E-state index in [0.717, 1.165) is 64.2 Å². The van der Waals surface area contributed by atoms with Crippen LogP contribution in [0.1, 0.15) is 200 Å². The molecule has 0 aromatic heterocycles. The minimum Gasteiger partial charge on any atom is -0.481 e. The Hall–Kier alpha value is -2.36. The van der Waals surface area contributed by atoms with Crippen LogP contribution in [0.5, 0.6) is 0 Å². The summed E-state index contributed by atoms with van der Waals surface area (Å²) >= 11 is 0. The average molecular weight is 669 g/mol. The molecule has 0 aliphatic heterocycles. The SMILES string of the molecule is CC/C=C\C/C=C\C/C=C\C/C=C\C/C=C\CCCC(=O)OC(CCCCCCCCCCCCCCCCCCCC)CCC(=O)O. The van der Waals surface area contributed by atoms with Crippen LogP contribution in [-0.4, -0.2) is 23.1 Å². The molecular weight excluding hydrogens is 592 g/mol. The van der Waals surface area contributed by atoms with E-state index in [9.17, 15) is 9.59 Å². The lowest BCUT2D eigenvalue weighted by atomic mass is 10.0. The van der Waals surface area contributed by atoms with Crippen molar-refractivity contribution in [1.29, 1.82) is 0 Å². The van der Waals surface area contributed by atoms with E-state index in [0.29, 0.717) is 12.8 Å². The van der Waals surface area contributed by atoms with Crippen molar-refractivity contribution < 1.29 is 19.4 Å². The Labute approximate surface area is 297 Å². The lowest BCUT2D eigenvalue weighted by Gasteiger charge is -2.17. The summed E-state index contributed by atoms with van der Waals surface area (Å²) in [6.07, 6.45) is 53.9. The number of carboxylic acids is 1. The third kappa shape index (κ3) is 38.1. The van der Waals surface area contributed by atoms with Gasteiger partial charge in [0.15, 0.2) is 0 Å². The fraction of sp³-hybridized carbons (Fsp3) is 0.727. The largest absolute Gasteiger partial charge is 0.481 e. The minimum atomic E-state index is -0.827. The molecule has 0 radical (unpaired) electrons. The molecule has 1 N–H and O–H groups in total. The number of hydrogen-bond donors (Lipinski definition) is 1. The van der Waals surface area contributed by atoms with Crippen molar-refractivity contribution in [1.82, 2.24) is 0 Å². The second-order valence-corrected chi connectivity index (χ2v) is 13.4. The van der Waals surface area contributed by atoms with Crippen LogP contribution in [0.25, 0.3) is 0 Å². The Morgan fingerprint density at radius 2 is 0.875 bits per heavy atom. The number of carboxylic acid groups (broad SMARTS) is 1. The smallest absolute Gasteiger partial charge is 0.306 e. The molecule has 0 saturated carbocycles. The molecule has 48 heavy (non-hydrogen) atoms. The summed E-state index contributed by atoms with van der Waals surface area (Å²) in [5.74, 6) is -1.02. The van der Waals surface area contributed by atoms with E-state index in [2.05, 4.69) is 74.6 Å². The van der Waals surface area contributed by atoms with Crippen molar-refractivity contribution >= 4 is 11.9 Å². The molecule has 0 saturated heterocycles. The lowest BCUT2D eigenvalue weighted by Crippen LogP contribution is -2.19. The van der Waals surface area contributed by atoms with Crippen LogP contribution in [0.4, 0.5) is 0 Å². The van der Waals surface area contributed by atoms with Gasteiger partial charge >= 0.3 is 11.9 Å². The van der Waals surface area contributed by atoms with Gasteiger partial charge in [-0.15, -0.1) is 0 Å². The molecule has 0 aliphatic rings. The summed E-state index contributed by atoms with van der Waals surface area (Å²) in [5, 5.41) is 9.13. The number of esters is 1. The molecule has 0 bridgehead atoms. The first-order valence-corrected chi connectivity index (χ1v) is 20.3. The predicted octanol–water partition coefficient (Wildman–Crippen LogP) is 14.1. The summed E-state index contributed by atoms with van der Waals surface area (Å²) in [7, 11) is 0. The van der Waals surface area contributed by atoms with E-state index >= 15 is 0 Å². The van der Waals surface area contributed by atoms with Gasteiger partial charge in [-0.05, 0) is 64.2 Å². The normalized spacial score (nSPS) is 12.9. The van der Waals surface area contributed by atoms with Crippen LogP contribution < -0.4 is 0 Å². The molecule has 0 aliphatic carbocycles. The van der Waals surface area contributed by atoms with E-state index < -0.39 is 5.97 Å². The van der Waals surface area contributed by atoms with Crippen LogP contribution >= 0.6 is 0 Å². The summed E-state index contributed by atoms with van der Waals surface area (Å²) in [6.45, 7) is 4.43. The van der Waals surface area contributed by atoms with Gasteiger partial charge in [-0.25, -0.2) is 0 Å². The number of carbonyl (C=O) groups is 2. The van der Waals surface area contributed by atoms with Gasteiger partial charge in [0.05, 0.1) is 0 Å². The first-order chi connectivity index (χ1) is 23.6. The summed E-state index contributed by atoms with van der Waals surface area (Å²) in [4.78, 5) is 23.5. The average Bonchev–Trinajstić information content (AvgIpc) is 3.07. The van der Waals surface area contributed by atoms with E-state index in [4.69, 9.17) is 9.84 Å². The topological polar surface area (TPSA) is 63.6 Å². The minimum absolute atomic E-state index is 0.0526. The third-order valence-electron chi connectivity index (χ3n) is 8.77. The van der Waals surface area contributed by atoms with Gasteiger partial charge in [0.2, 0.25) is 0 Å². The van der Waals surface area contributed by atoms with Crippen molar-refractivity contribution in [2.75, 3.05) is 0 Å². The van der Waals surface area contributed by atoms with Gasteiger partial charge in [0.25, 0.3) is 0 Å². The van der Waals surface area contributed by atoms with Gasteiger partial charge in [0, 0.05) is 12.8 Å². The zero-order valence-corrected chi connectivity index (χ0v) is 31.5. The number of carbonyl (C=O) groups excluding carboxylic acids is 1. The van der Waals surface area contributed by atoms with Crippen LogP contribution in [0, 0.1) is 0 Å². The first kappa shape index (κ1) is 45.6. The Kier molecular flexibility index (Phi) is 37.2. The molecule has 0 fully saturated rings. The van der Waals surface area contributed by atoms with E-state index in [1.807, 2.05) is 0 Å². The summed E-state index contributed by atoms with van der Waals surface area (Å²) in [6, 6.07) is 0. The van der Waals surface area contributed by atoms with Crippen molar-refractivity contribution in [2.24, 2.45) is 0 Å². The standard InChI is InChI=1S/C44H76O4/c1-3-5-7-9-11-13-15-17-19-21-23-24-26-28-30-32-34-36-38-42(40-41-43(45)46)48-44(47)39-37-35-33-31-29-27-25-22-20-18-16-14-12-10-8-6-4-2/h6,8,12,14,18,20,25,27,31,33,42H,3-5,7,9-11,13,15-17,19,21-24,26,28-30,32,34-41H2,1-2H3,(H,45,46)/b8-6-,14-12-,20-18-,27-25-,33-31-. The highest BCUT2D eigenvalue weighted by molar-refractivity contribution is 5.70. The van der Waals surface area contributed by atoms with Crippen LogP contribution in [-0.2, 0) is 14.3 Å². The van der Waals surface area contributed by atoms with Crippen LogP contribution in [0.3, 0.4) is 0 Å². The zero-order chi connectivity index (χ0) is 35.0. The second kappa shape index (κ2) is 39.1. The molecule has 0 aromatic rings. The van der Waals surface area contributed by atoms with Crippen molar-refractivity contribution in [3.05, 3.63) is 60.8 Å². The summed E-state index contributed by atoms with van der Waals surface area (Å²) < 4.78 is 5.71. The lowest BCUT2D eigenvalue weighted by molar-refractivity contribution is -0.151. The Morgan fingerprint density at radius 1 is 0.479 bits per heavy atom. The summed E-state index contributed by atoms with van der Waals surface area (Å²) in [5.41, 5.74) is 0. The van der Waals surface area contributed by atoms with E-state index in [1.165, 1.54) is 103 Å². The number of hydrogen-bond acceptors (Lipinski definition) is 3. The fourth-order valence-electron chi connectivity index (χ4n) is 5.80.